The number of aliphatic hydroxyl groups excluding tert-OH is 1. The number of nitrogens with zero attached hydrogens (tertiary/aromatic N) is 1. The highest BCUT2D eigenvalue weighted by atomic mass is 16.4. The van der Waals surface area contributed by atoms with Gasteiger partial charge in [-0.15, -0.1) is 0 Å². The monoisotopic (exact) mass is 459 g/mol. The summed E-state index contributed by atoms with van der Waals surface area (Å²) >= 11 is 0. The fourth-order valence-corrected chi connectivity index (χ4v) is 3.19. The largest absolute Gasteiger partial charge is 0.481 e. The molecule has 0 radical (unpaired) electrons. The number of rotatable bonds is 13. The van der Waals surface area contributed by atoms with Gasteiger partial charge in [-0.2, -0.15) is 0 Å². The zero-order valence-corrected chi connectivity index (χ0v) is 17.4. The molecule has 1 aliphatic heterocycles. The summed E-state index contributed by atoms with van der Waals surface area (Å²) in [5, 5.41) is 31.9. The molecule has 0 aromatic carbocycles. The molecule has 1 fully saturated rings. The molecule has 0 aliphatic carbocycles. The minimum atomic E-state index is -1.52. The van der Waals surface area contributed by atoms with E-state index in [4.69, 9.17) is 16.6 Å². The molecule has 4 amide bonds. The van der Waals surface area contributed by atoms with Crippen molar-refractivity contribution in [1.82, 2.24) is 15.5 Å². The molecule has 32 heavy (non-hydrogen) atoms. The van der Waals surface area contributed by atoms with E-state index in [2.05, 4.69) is 10.6 Å². The molecule has 1 saturated heterocycles. The number of primary amides is 1. The SMILES string of the molecule is NC(=O)CCC(NC(=O)C(CO)NC(=O)C(N)CCC(=O)O)C(=O)N1CCCC1C(=O)O. The lowest BCUT2D eigenvalue weighted by Gasteiger charge is -2.28. The van der Waals surface area contributed by atoms with Crippen molar-refractivity contribution in [3.8, 4) is 0 Å². The van der Waals surface area contributed by atoms with E-state index in [1.807, 2.05) is 0 Å². The first-order valence-electron chi connectivity index (χ1n) is 9.98. The molecule has 4 atom stereocenters. The predicted molar refractivity (Wildman–Crippen MR) is 107 cm³/mol. The van der Waals surface area contributed by atoms with Crippen LogP contribution in [0.2, 0.25) is 0 Å². The van der Waals surface area contributed by atoms with Gasteiger partial charge in [0.2, 0.25) is 23.6 Å². The van der Waals surface area contributed by atoms with Crippen molar-refractivity contribution in [2.75, 3.05) is 13.2 Å². The number of likely N-dealkylation sites (tertiary alicyclic amines) is 1. The minimum absolute atomic E-state index is 0.150. The Balaban J connectivity index is 2.87. The maximum atomic E-state index is 12.9. The number of hydrogen-bond donors (Lipinski definition) is 7. The van der Waals surface area contributed by atoms with Gasteiger partial charge in [0, 0.05) is 19.4 Å². The van der Waals surface area contributed by atoms with Crippen LogP contribution in [0.25, 0.3) is 0 Å². The lowest BCUT2D eigenvalue weighted by molar-refractivity contribution is -0.149. The van der Waals surface area contributed by atoms with Gasteiger partial charge in [0.15, 0.2) is 0 Å². The zero-order valence-electron chi connectivity index (χ0n) is 17.4. The van der Waals surface area contributed by atoms with E-state index in [-0.39, 0.29) is 38.6 Å². The van der Waals surface area contributed by atoms with E-state index in [0.29, 0.717) is 6.42 Å². The average molecular weight is 459 g/mol. The van der Waals surface area contributed by atoms with Gasteiger partial charge in [0.1, 0.15) is 18.1 Å². The fraction of sp³-hybridized carbons (Fsp3) is 0.667. The van der Waals surface area contributed by atoms with Crippen molar-refractivity contribution in [2.24, 2.45) is 11.5 Å². The number of carboxylic acids is 2. The summed E-state index contributed by atoms with van der Waals surface area (Å²) in [5.41, 5.74) is 10.7. The molecule has 14 heteroatoms. The molecule has 1 heterocycles. The number of hydrogen-bond acceptors (Lipinski definition) is 8. The Morgan fingerprint density at radius 2 is 1.59 bits per heavy atom. The Labute approximate surface area is 183 Å². The summed E-state index contributed by atoms with van der Waals surface area (Å²) in [5.74, 6) is -5.70. The van der Waals surface area contributed by atoms with E-state index < -0.39 is 66.3 Å². The van der Waals surface area contributed by atoms with E-state index in [9.17, 15) is 39.0 Å². The lowest BCUT2D eigenvalue weighted by Crippen LogP contribution is -2.58. The highest BCUT2D eigenvalue weighted by molar-refractivity contribution is 5.94. The molecule has 0 aromatic heterocycles. The molecular weight excluding hydrogens is 430 g/mol. The molecule has 0 aromatic rings. The van der Waals surface area contributed by atoms with Gasteiger partial charge in [0.25, 0.3) is 0 Å². The highest BCUT2D eigenvalue weighted by Gasteiger charge is 2.38. The summed E-state index contributed by atoms with van der Waals surface area (Å²) in [6, 6.07) is -5.16. The maximum Gasteiger partial charge on any atom is 0.326 e. The standard InChI is InChI=1S/C18H29N5O9/c19-9(3-6-14(26)27)15(28)22-11(8-24)16(29)21-10(4-5-13(20)25)17(30)23-7-1-2-12(23)18(31)32/h9-12,24H,1-8,19H2,(H2,20,25)(H,21,29)(H,22,28)(H,26,27)(H,31,32). The van der Waals surface area contributed by atoms with Gasteiger partial charge in [-0.1, -0.05) is 0 Å². The van der Waals surface area contributed by atoms with Crippen molar-refractivity contribution < 1.29 is 44.1 Å². The number of carbonyl (C=O) groups excluding carboxylic acids is 4. The Kier molecular flexibility index (Phi) is 10.5. The van der Waals surface area contributed by atoms with Crippen LogP contribution in [0.4, 0.5) is 0 Å². The molecule has 1 rings (SSSR count). The zero-order chi connectivity index (χ0) is 24.4. The summed E-state index contributed by atoms with van der Waals surface area (Å²) < 4.78 is 0. The van der Waals surface area contributed by atoms with Crippen LogP contribution in [0, 0.1) is 0 Å². The van der Waals surface area contributed by atoms with Gasteiger partial charge in [-0.3, -0.25) is 24.0 Å². The minimum Gasteiger partial charge on any atom is -0.481 e. The van der Waals surface area contributed by atoms with E-state index in [0.717, 1.165) is 4.90 Å². The first-order valence-corrected chi connectivity index (χ1v) is 9.98. The van der Waals surface area contributed by atoms with Gasteiger partial charge >= 0.3 is 11.9 Å². The normalized spacial score (nSPS) is 18.3. The number of nitrogens with one attached hydrogen (secondary N) is 2. The van der Waals surface area contributed by atoms with Gasteiger partial charge in [-0.25, -0.2) is 4.79 Å². The van der Waals surface area contributed by atoms with Crippen LogP contribution in [0.1, 0.15) is 38.5 Å². The first kappa shape index (κ1) is 26.8. The Morgan fingerprint density at radius 3 is 2.12 bits per heavy atom. The Bertz CT molecular complexity index is 744. The maximum absolute atomic E-state index is 12.9. The molecule has 0 bridgehead atoms. The van der Waals surface area contributed by atoms with E-state index in [1.54, 1.807) is 0 Å². The quantitative estimate of drug-likeness (QED) is 0.143. The van der Waals surface area contributed by atoms with Crippen LogP contribution >= 0.6 is 0 Å². The number of carbonyl (C=O) groups is 6. The van der Waals surface area contributed by atoms with E-state index >= 15 is 0 Å². The van der Waals surface area contributed by atoms with E-state index in [1.165, 1.54) is 0 Å². The second-order valence-electron chi connectivity index (χ2n) is 7.38. The third kappa shape index (κ3) is 8.11. The molecular formula is C18H29N5O9. The van der Waals surface area contributed by atoms with Gasteiger partial charge in [-0.05, 0) is 25.7 Å². The molecule has 4 unspecified atom stereocenters. The molecule has 180 valence electrons. The second kappa shape index (κ2) is 12.6. The van der Waals surface area contributed by atoms with Crippen LogP contribution in [-0.2, 0) is 28.8 Å². The highest BCUT2D eigenvalue weighted by Crippen LogP contribution is 2.19. The summed E-state index contributed by atoms with van der Waals surface area (Å²) in [6.07, 6.45) is -0.393. The Hall–Kier alpha value is -3.26. The molecule has 1 aliphatic rings. The van der Waals surface area contributed by atoms with Gasteiger partial charge < -0.3 is 42.3 Å². The van der Waals surface area contributed by atoms with Crippen LogP contribution in [0.15, 0.2) is 0 Å². The van der Waals surface area contributed by atoms with Crippen LogP contribution in [0.3, 0.4) is 0 Å². The number of nitrogens with two attached hydrogens (primary N) is 2. The fourth-order valence-electron chi connectivity index (χ4n) is 3.19. The predicted octanol–water partition coefficient (Wildman–Crippen LogP) is -3.52. The second-order valence-corrected chi connectivity index (χ2v) is 7.38. The van der Waals surface area contributed by atoms with Crippen molar-refractivity contribution in [2.45, 2.75) is 62.7 Å². The van der Waals surface area contributed by atoms with Crippen molar-refractivity contribution >= 4 is 35.6 Å². The van der Waals surface area contributed by atoms with Crippen LogP contribution in [0.5, 0.6) is 0 Å². The Morgan fingerprint density at radius 1 is 0.969 bits per heavy atom. The van der Waals surface area contributed by atoms with Crippen molar-refractivity contribution in [1.29, 1.82) is 0 Å². The first-order chi connectivity index (χ1) is 15.0. The molecule has 9 N–H and O–H groups in total. The molecule has 0 saturated carbocycles. The molecule has 14 nitrogen and oxygen atoms in total. The number of aliphatic carboxylic acids is 2. The van der Waals surface area contributed by atoms with Crippen LogP contribution in [-0.4, -0.2) is 93.1 Å². The lowest BCUT2D eigenvalue weighted by atomic mass is 10.1. The third-order valence-electron chi connectivity index (χ3n) is 4.94. The topological polar surface area (TPSA) is 242 Å². The van der Waals surface area contributed by atoms with Gasteiger partial charge in [0.05, 0.1) is 12.6 Å². The summed E-state index contributed by atoms with van der Waals surface area (Å²) in [4.78, 5) is 71.7. The average Bonchev–Trinajstić information content (AvgIpc) is 3.22. The summed E-state index contributed by atoms with van der Waals surface area (Å²) in [6.45, 7) is -0.710. The third-order valence-corrected chi connectivity index (χ3v) is 4.94. The van der Waals surface area contributed by atoms with Crippen LogP contribution < -0.4 is 22.1 Å². The van der Waals surface area contributed by atoms with Crippen molar-refractivity contribution in [3.63, 3.8) is 0 Å². The number of aliphatic hydroxyl groups is 1. The number of carboxylic acid groups (broad SMARTS) is 2. The number of amides is 4. The summed E-state index contributed by atoms with van der Waals surface area (Å²) in [7, 11) is 0. The smallest absolute Gasteiger partial charge is 0.326 e. The van der Waals surface area contributed by atoms with Crippen molar-refractivity contribution in [3.05, 3.63) is 0 Å². The molecule has 0 spiro atoms.